The predicted octanol–water partition coefficient (Wildman–Crippen LogP) is 0.655. The van der Waals surface area contributed by atoms with Crippen LogP contribution in [0.3, 0.4) is 0 Å². The number of carbonyl (C=O) groups is 1. The van der Waals surface area contributed by atoms with E-state index in [0.717, 1.165) is 0 Å². The highest BCUT2D eigenvalue weighted by molar-refractivity contribution is 5.95. The fraction of sp³-hybridized carbons (Fsp3) is 0.364. The number of phenolic OH excluding ortho intramolecular Hbond substituents is 1. The van der Waals surface area contributed by atoms with Crippen LogP contribution in [0.5, 0.6) is 17.2 Å². The van der Waals surface area contributed by atoms with Crippen molar-refractivity contribution in [1.82, 2.24) is 0 Å². The summed E-state index contributed by atoms with van der Waals surface area (Å²) in [6, 6.07) is 1.53. The summed E-state index contributed by atoms with van der Waals surface area (Å²) in [5.41, 5.74) is 5.93. The Hall–Kier alpha value is -1.95. The van der Waals surface area contributed by atoms with Crippen molar-refractivity contribution < 1.29 is 24.1 Å². The zero-order valence-corrected chi connectivity index (χ0v) is 9.94. The standard InChI is InChI=1S/C11H15NO5/c1-15-7-4-6(5-12)8(11(14)17-3)9(13)10(7)16-2/h4,13H,5,12H2,1-3H3. The van der Waals surface area contributed by atoms with Crippen LogP contribution in [0.25, 0.3) is 0 Å². The quantitative estimate of drug-likeness (QED) is 0.752. The molecule has 0 amide bonds. The van der Waals surface area contributed by atoms with Crippen LogP contribution < -0.4 is 15.2 Å². The Morgan fingerprint density at radius 3 is 2.41 bits per heavy atom. The highest BCUT2D eigenvalue weighted by atomic mass is 16.5. The predicted molar refractivity (Wildman–Crippen MR) is 60.4 cm³/mol. The lowest BCUT2D eigenvalue weighted by Gasteiger charge is -2.15. The molecule has 0 saturated heterocycles. The molecule has 0 bridgehead atoms. The van der Waals surface area contributed by atoms with E-state index in [0.29, 0.717) is 11.3 Å². The molecule has 1 rings (SSSR count). The van der Waals surface area contributed by atoms with Gasteiger partial charge >= 0.3 is 5.97 Å². The topological polar surface area (TPSA) is 91.0 Å². The molecule has 6 nitrogen and oxygen atoms in total. The van der Waals surface area contributed by atoms with Crippen LogP contribution in [-0.2, 0) is 11.3 Å². The Balaban J connectivity index is 3.52. The van der Waals surface area contributed by atoms with Gasteiger partial charge < -0.3 is 25.1 Å². The number of rotatable bonds is 4. The molecule has 0 aliphatic heterocycles. The molecule has 1 aromatic carbocycles. The van der Waals surface area contributed by atoms with Gasteiger partial charge in [-0.2, -0.15) is 0 Å². The molecule has 0 radical (unpaired) electrons. The number of hydrogen-bond donors (Lipinski definition) is 2. The minimum absolute atomic E-state index is 0.00681. The second-order valence-corrected chi connectivity index (χ2v) is 3.19. The van der Waals surface area contributed by atoms with Gasteiger partial charge in [-0.15, -0.1) is 0 Å². The second-order valence-electron chi connectivity index (χ2n) is 3.19. The van der Waals surface area contributed by atoms with Gasteiger partial charge in [-0.1, -0.05) is 0 Å². The van der Waals surface area contributed by atoms with Crippen LogP contribution >= 0.6 is 0 Å². The van der Waals surface area contributed by atoms with E-state index in [4.69, 9.17) is 15.2 Å². The van der Waals surface area contributed by atoms with Gasteiger partial charge in [0, 0.05) is 6.54 Å². The average Bonchev–Trinajstić information content (AvgIpc) is 2.36. The molecule has 0 saturated carbocycles. The fourth-order valence-electron chi connectivity index (χ4n) is 1.52. The molecule has 0 aromatic heterocycles. The lowest BCUT2D eigenvalue weighted by molar-refractivity contribution is 0.0595. The Kier molecular flexibility index (Phi) is 4.17. The van der Waals surface area contributed by atoms with Crippen molar-refractivity contribution in [3.63, 3.8) is 0 Å². The van der Waals surface area contributed by atoms with Crippen molar-refractivity contribution in [2.75, 3.05) is 21.3 Å². The number of methoxy groups -OCH3 is 3. The molecule has 3 N–H and O–H groups in total. The van der Waals surface area contributed by atoms with Crippen molar-refractivity contribution in [1.29, 1.82) is 0 Å². The van der Waals surface area contributed by atoms with Crippen molar-refractivity contribution in [3.05, 3.63) is 17.2 Å². The lowest BCUT2D eigenvalue weighted by Crippen LogP contribution is -2.10. The van der Waals surface area contributed by atoms with Gasteiger partial charge in [0.05, 0.1) is 21.3 Å². The number of hydrogen-bond acceptors (Lipinski definition) is 6. The molecule has 0 aliphatic carbocycles. The van der Waals surface area contributed by atoms with Gasteiger partial charge in [0.2, 0.25) is 5.75 Å². The minimum atomic E-state index is -0.677. The summed E-state index contributed by atoms with van der Waals surface area (Å²) in [7, 11) is 4.01. The summed E-state index contributed by atoms with van der Waals surface area (Å²) in [5.74, 6) is -0.633. The highest BCUT2D eigenvalue weighted by Gasteiger charge is 2.23. The van der Waals surface area contributed by atoms with E-state index >= 15 is 0 Å². The first-order valence-corrected chi connectivity index (χ1v) is 4.85. The molecule has 0 aliphatic rings. The summed E-state index contributed by atoms with van der Waals surface area (Å²) >= 11 is 0. The highest BCUT2D eigenvalue weighted by Crippen LogP contribution is 2.41. The number of phenols is 1. The normalized spacial score (nSPS) is 9.88. The van der Waals surface area contributed by atoms with Gasteiger partial charge in [0.1, 0.15) is 5.56 Å². The molecule has 0 heterocycles. The van der Waals surface area contributed by atoms with E-state index in [9.17, 15) is 9.90 Å². The third-order valence-corrected chi connectivity index (χ3v) is 2.34. The molecule has 0 fully saturated rings. The third kappa shape index (κ3) is 2.26. The summed E-state index contributed by atoms with van der Waals surface area (Å²) < 4.78 is 14.6. The molecule has 0 unspecified atom stereocenters. The monoisotopic (exact) mass is 241 g/mol. The first kappa shape index (κ1) is 13.1. The molecule has 94 valence electrons. The Morgan fingerprint density at radius 1 is 1.35 bits per heavy atom. The number of carbonyl (C=O) groups excluding carboxylic acids is 1. The number of esters is 1. The molecule has 6 heteroatoms. The maximum absolute atomic E-state index is 11.5. The van der Waals surface area contributed by atoms with Crippen LogP contribution in [0.2, 0.25) is 0 Å². The van der Waals surface area contributed by atoms with Crippen molar-refractivity contribution in [2.24, 2.45) is 5.73 Å². The van der Waals surface area contributed by atoms with Gasteiger partial charge in [-0.05, 0) is 11.6 Å². The smallest absolute Gasteiger partial charge is 0.342 e. The lowest BCUT2D eigenvalue weighted by atomic mass is 10.0. The van der Waals surface area contributed by atoms with E-state index < -0.39 is 5.97 Å². The van der Waals surface area contributed by atoms with Gasteiger partial charge in [-0.3, -0.25) is 0 Å². The van der Waals surface area contributed by atoms with Crippen LogP contribution in [0, 0.1) is 0 Å². The minimum Gasteiger partial charge on any atom is -0.504 e. The Morgan fingerprint density at radius 2 is 2.00 bits per heavy atom. The number of aromatic hydroxyl groups is 1. The van der Waals surface area contributed by atoms with Gasteiger partial charge in [-0.25, -0.2) is 4.79 Å². The van der Waals surface area contributed by atoms with Crippen LogP contribution in [0.1, 0.15) is 15.9 Å². The molecule has 17 heavy (non-hydrogen) atoms. The second kappa shape index (κ2) is 5.40. The first-order valence-electron chi connectivity index (χ1n) is 4.85. The number of ether oxygens (including phenoxy) is 3. The van der Waals surface area contributed by atoms with Crippen molar-refractivity contribution >= 4 is 5.97 Å². The summed E-state index contributed by atoms with van der Waals surface area (Å²) in [6.07, 6.45) is 0. The average molecular weight is 241 g/mol. The van der Waals surface area contributed by atoms with E-state index in [-0.39, 0.29) is 23.6 Å². The van der Waals surface area contributed by atoms with E-state index in [1.54, 1.807) is 0 Å². The Labute approximate surface area is 98.9 Å². The summed E-state index contributed by atoms with van der Waals surface area (Å²) in [5, 5.41) is 9.95. The zero-order chi connectivity index (χ0) is 13.0. The van der Waals surface area contributed by atoms with Gasteiger partial charge in [0.15, 0.2) is 11.5 Å². The van der Waals surface area contributed by atoms with Crippen molar-refractivity contribution in [2.45, 2.75) is 6.54 Å². The summed E-state index contributed by atoms with van der Waals surface area (Å²) in [4.78, 5) is 11.5. The molecular weight excluding hydrogens is 226 g/mol. The van der Waals surface area contributed by atoms with E-state index in [2.05, 4.69) is 4.74 Å². The number of nitrogens with two attached hydrogens (primary N) is 1. The third-order valence-electron chi connectivity index (χ3n) is 2.34. The van der Waals surface area contributed by atoms with E-state index in [1.807, 2.05) is 0 Å². The van der Waals surface area contributed by atoms with Crippen LogP contribution in [0.15, 0.2) is 6.07 Å². The fourth-order valence-corrected chi connectivity index (χ4v) is 1.52. The molecule has 1 aromatic rings. The first-order chi connectivity index (χ1) is 8.10. The maximum atomic E-state index is 11.5. The van der Waals surface area contributed by atoms with Gasteiger partial charge in [0.25, 0.3) is 0 Å². The van der Waals surface area contributed by atoms with Crippen LogP contribution in [0.4, 0.5) is 0 Å². The summed E-state index contributed by atoms with van der Waals surface area (Å²) in [6.45, 7) is 0.0678. The SMILES string of the molecule is COC(=O)c1c(CN)cc(OC)c(OC)c1O. The molecule has 0 spiro atoms. The number of benzene rings is 1. The maximum Gasteiger partial charge on any atom is 0.342 e. The largest absolute Gasteiger partial charge is 0.504 e. The van der Waals surface area contributed by atoms with Crippen LogP contribution in [-0.4, -0.2) is 32.4 Å². The molecular formula is C11H15NO5. The van der Waals surface area contributed by atoms with Crippen molar-refractivity contribution in [3.8, 4) is 17.2 Å². The zero-order valence-electron chi connectivity index (χ0n) is 9.94. The van der Waals surface area contributed by atoms with E-state index in [1.165, 1.54) is 27.4 Å². The Bertz CT molecular complexity index is 430. The molecule has 0 atom stereocenters.